The molecule has 6 aliphatic rings. The van der Waals surface area contributed by atoms with Crippen molar-refractivity contribution in [1.82, 2.24) is 4.90 Å². The zero-order valence-corrected chi connectivity index (χ0v) is 26.6. The number of rotatable bonds is 9. The summed E-state index contributed by atoms with van der Waals surface area (Å²) >= 11 is 0. The van der Waals surface area contributed by atoms with Gasteiger partial charge in [-0.1, -0.05) is 19.1 Å². The average molecular weight is 613 g/mol. The number of anilines is 1. The Labute approximate surface area is 259 Å². The summed E-state index contributed by atoms with van der Waals surface area (Å²) in [7, 11) is 3.47. The maximum absolute atomic E-state index is 13.6. The zero-order chi connectivity index (χ0) is 31.2. The number of esters is 1. The van der Waals surface area contributed by atoms with Crippen LogP contribution in [0.15, 0.2) is 24.3 Å². The molecule has 0 unspecified atom stereocenters. The van der Waals surface area contributed by atoms with E-state index >= 15 is 0 Å². The average Bonchev–Trinajstić information content (AvgIpc) is 3.40. The normalized spacial score (nSPS) is 46.5. The third-order valence-electron chi connectivity index (χ3n) is 13.1. The highest BCUT2D eigenvalue weighted by Gasteiger charge is 2.89. The monoisotopic (exact) mass is 612 g/mol. The van der Waals surface area contributed by atoms with E-state index in [0.29, 0.717) is 30.7 Å². The molecule has 1 heterocycles. The molecule has 1 aromatic rings. The van der Waals surface area contributed by atoms with Crippen molar-refractivity contribution in [3.05, 3.63) is 29.8 Å². The minimum atomic E-state index is -1.25. The molecule has 6 fully saturated rings. The molecule has 3 N–H and O–H groups in total. The smallest absolute Gasteiger partial charge is 0.340 e. The number of carbonyl (C=O) groups is 2. The number of amides is 1. The summed E-state index contributed by atoms with van der Waals surface area (Å²) in [6, 6.07) is 6.92. The first-order chi connectivity index (χ1) is 21.1. The van der Waals surface area contributed by atoms with Gasteiger partial charge in [-0.05, 0) is 57.2 Å². The largest absolute Gasteiger partial charge is 0.461 e. The van der Waals surface area contributed by atoms with Crippen molar-refractivity contribution in [3.8, 4) is 0 Å². The van der Waals surface area contributed by atoms with Gasteiger partial charge in [-0.15, -0.1) is 0 Å². The predicted molar refractivity (Wildman–Crippen MR) is 161 cm³/mol. The standard InChI is InChI=1S/C34H48N2O8/c1-6-36-17-31(18-43-30(39)20-10-8-9-11-23(20)35-19(3)37)13-12-26(42-5)34-25(31)14-22(29(34)36)32(44-7-2)16-24(41-4)21-15-33(34,40)28(32)27(21)38/h8-11,21-22,24-29,38,40H,6-7,12-18H2,1-5H3,(H,35,37)/t21-,22+,24+,25-,26+,27+,28-,29-,31+,32+,33+,34+/m1/s1. The van der Waals surface area contributed by atoms with Gasteiger partial charge < -0.3 is 34.5 Å². The second-order valence-electron chi connectivity index (χ2n) is 14.4. The fourth-order valence-corrected chi connectivity index (χ4v) is 12.1. The van der Waals surface area contributed by atoms with Crippen LogP contribution in [-0.2, 0) is 23.7 Å². The minimum Gasteiger partial charge on any atom is -0.461 e. The molecule has 7 bridgehead atoms. The Morgan fingerprint density at radius 2 is 1.91 bits per heavy atom. The molecule has 5 aliphatic carbocycles. The Kier molecular flexibility index (Phi) is 7.27. The Bertz CT molecular complexity index is 1330. The van der Waals surface area contributed by atoms with Crippen LogP contribution in [0.25, 0.3) is 0 Å². The van der Waals surface area contributed by atoms with Crippen molar-refractivity contribution in [2.24, 2.45) is 34.5 Å². The topological polar surface area (TPSA) is 127 Å². The van der Waals surface area contributed by atoms with Gasteiger partial charge in [0.25, 0.3) is 0 Å². The molecule has 1 saturated heterocycles. The SMILES string of the molecule is CCO[C@]12C[C@H](OC)[C@H]3C[C@](O)([C@@H]1[C@H]3O)[C@@]13[C@@H](OC)CC[C@@]4(COC(=O)c5ccccc5NC(C)=O)CN(CC)[C@@H]1[C@@H]2C[C@H]43. The maximum Gasteiger partial charge on any atom is 0.340 e. The number of piperidine rings is 1. The summed E-state index contributed by atoms with van der Waals surface area (Å²) in [6.45, 7) is 7.79. The molecule has 0 aromatic heterocycles. The van der Waals surface area contributed by atoms with Gasteiger partial charge >= 0.3 is 5.97 Å². The fraction of sp³-hybridized carbons (Fsp3) is 0.765. The molecule has 12 atom stereocenters. The summed E-state index contributed by atoms with van der Waals surface area (Å²) in [4.78, 5) is 28.0. The molecule has 7 rings (SSSR count). The molecule has 242 valence electrons. The third-order valence-corrected chi connectivity index (χ3v) is 13.1. The van der Waals surface area contributed by atoms with E-state index in [2.05, 4.69) is 17.1 Å². The number of aliphatic hydroxyl groups excluding tert-OH is 1. The number of ether oxygens (including phenoxy) is 4. The molecule has 1 aromatic carbocycles. The number of aliphatic hydroxyl groups is 2. The Balaban J connectivity index is 1.33. The van der Waals surface area contributed by atoms with Crippen LogP contribution >= 0.6 is 0 Å². The van der Waals surface area contributed by atoms with Gasteiger partial charge in [-0.3, -0.25) is 9.69 Å². The van der Waals surface area contributed by atoms with E-state index in [1.54, 1.807) is 38.5 Å². The number of carbonyl (C=O) groups excluding carboxylic acids is 2. The molecule has 10 heteroatoms. The number of para-hydroxylation sites is 1. The summed E-state index contributed by atoms with van der Waals surface area (Å²) < 4.78 is 25.5. The number of hydrogen-bond acceptors (Lipinski definition) is 9. The number of likely N-dealkylation sites (tertiary alicyclic amines) is 1. The molecule has 0 radical (unpaired) electrons. The van der Waals surface area contributed by atoms with Gasteiger partial charge in [0.15, 0.2) is 0 Å². The molecule has 1 aliphatic heterocycles. The van der Waals surface area contributed by atoms with Crippen molar-refractivity contribution in [1.29, 1.82) is 0 Å². The summed E-state index contributed by atoms with van der Waals surface area (Å²) in [5, 5.41) is 28.1. The van der Waals surface area contributed by atoms with Crippen molar-refractivity contribution in [3.63, 3.8) is 0 Å². The molecule has 1 amide bonds. The number of fused-ring (bicyclic) bond motifs is 2. The molecular formula is C34H48N2O8. The second kappa shape index (κ2) is 10.5. The van der Waals surface area contributed by atoms with E-state index in [4.69, 9.17) is 18.9 Å². The van der Waals surface area contributed by atoms with Crippen LogP contribution in [-0.4, -0.2) is 103 Å². The van der Waals surface area contributed by atoms with Crippen molar-refractivity contribution in [2.75, 3.05) is 45.8 Å². The maximum atomic E-state index is 13.6. The van der Waals surface area contributed by atoms with Crippen LogP contribution in [0.1, 0.15) is 63.2 Å². The summed E-state index contributed by atoms with van der Waals surface area (Å²) in [5.41, 5.74) is -2.31. The predicted octanol–water partition coefficient (Wildman–Crippen LogP) is 2.86. The van der Waals surface area contributed by atoms with Gasteiger partial charge in [0, 0.05) is 75.3 Å². The van der Waals surface area contributed by atoms with E-state index in [-0.39, 0.29) is 48.5 Å². The van der Waals surface area contributed by atoms with E-state index in [1.807, 2.05) is 6.92 Å². The van der Waals surface area contributed by atoms with Gasteiger partial charge in [0.1, 0.15) is 0 Å². The first kappa shape index (κ1) is 30.6. The van der Waals surface area contributed by atoms with Crippen LogP contribution in [0.2, 0.25) is 0 Å². The first-order valence-corrected chi connectivity index (χ1v) is 16.5. The molecule has 5 saturated carbocycles. The number of hydrogen-bond donors (Lipinski definition) is 3. The van der Waals surface area contributed by atoms with Crippen LogP contribution < -0.4 is 5.32 Å². The molecule has 44 heavy (non-hydrogen) atoms. The summed E-state index contributed by atoms with van der Waals surface area (Å²) in [6.07, 6.45) is 2.26. The number of nitrogens with one attached hydrogen (secondary N) is 1. The highest BCUT2D eigenvalue weighted by Crippen LogP contribution is 2.80. The Hall–Kier alpha value is -2.08. The molecular weight excluding hydrogens is 564 g/mol. The summed E-state index contributed by atoms with van der Waals surface area (Å²) in [5.74, 6) is -1.31. The van der Waals surface area contributed by atoms with E-state index < -0.39 is 40.0 Å². The van der Waals surface area contributed by atoms with Gasteiger partial charge in [0.05, 0.1) is 47.4 Å². The second-order valence-corrected chi connectivity index (χ2v) is 14.4. The lowest BCUT2D eigenvalue weighted by Crippen LogP contribution is -2.82. The van der Waals surface area contributed by atoms with Crippen molar-refractivity contribution in [2.45, 2.75) is 88.4 Å². The Morgan fingerprint density at radius 1 is 1.14 bits per heavy atom. The van der Waals surface area contributed by atoms with Crippen molar-refractivity contribution < 1.29 is 38.7 Å². The van der Waals surface area contributed by atoms with Crippen LogP contribution in [0.5, 0.6) is 0 Å². The van der Waals surface area contributed by atoms with Crippen LogP contribution in [0, 0.1) is 34.5 Å². The quantitative estimate of drug-likeness (QED) is 0.361. The van der Waals surface area contributed by atoms with Gasteiger partial charge in [0.2, 0.25) is 5.91 Å². The van der Waals surface area contributed by atoms with Crippen LogP contribution in [0.3, 0.4) is 0 Å². The highest BCUT2D eigenvalue weighted by molar-refractivity contribution is 6.00. The van der Waals surface area contributed by atoms with E-state index in [1.165, 1.54) is 6.92 Å². The molecule has 10 nitrogen and oxygen atoms in total. The highest BCUT2D eigenvalue weighted by atomic mass is 16.5. The van der Waals surface area contributed by atoms with Crippen LogP contribution in [0.4, 0.5) is 5.69 Å². The lowest BCUT2D eigenvalue weighted by atomic mass is 9.41. The Morgan fingerprint density at radius 3 is 2.59 bits per heavy atom. The lowest BCUT2D eigenvalue weighted by molar-refractivity contribution is -0.333. The van der Waals surface area contributed by atoms with E-state index in [0.717, 1.165) is 32.4 Å². The van der Waals surface area contributed by atoms with E-state index in [9.17, 15) is 19.8 Å². The number of methoxy groups -OCH3 is 2. The molecule has 1 spiro atoms. The fourth-order valence-electron chi connectivity index (χ4n) is 12.1. The zero-order valence-electron chi connectivity index (χ0n) is 26.6. The number of nitrogens with zero attached hydrogens (tertiary/aromatic N) is 1. The first-order valence-electron chi connectivity index (χ1n) is 16.5. The third kappa shape index (κ3) is 3.64. The van der Waals surface area contributed by atoms with Gasteiger partial charge in [-0.25, -0.2) is 4.79 Å². The number of benzene rings is 1. The lowest BCUT2D eigenvalue weighted by Gasteiger charge is -2.72. The minimum absolute atomic E-state index is 0.00132. The van der Waals surface area contributed by atoms with Gasteiger partial charge in [-0.2, -0.15) is 0 Å². The van der Waals surface area contributed by atoms with Crippen molar-refractivity contribution >= 4 is 17.6 Å².